The Morgan fingerprint density at radius 2 is 1.88 bits per heavy atom. The van der Waals surface area contributed by atoms with Gasteiger partial charge in [0.05, 0.1) is 6.10 Å². The van der Waals surface area contributed by atoms with E-state index in [9.17, 15) is 13.6 Å². The maximum absolute atomic E-state index is 12.9. The third-order valence-electron chi connectivity index (χ3n) is 1.99. The molecule has 0 fully saturated rings. The molecule has 0 heterocycles. The number of hydrogen-bond donors (Lipinski definition) is 1. The molecule has 1 amide bonds. The maximum atomic E-state index is 12.9. The van der Waals surface area contributed by atoms with E-state index in [0.717, 1.165) is 12.1 Å². The lowest BCUT2D eigenvalue weighted by Crippen LogP contribution is -2.33. The summed E-state index contributed by atoms with van der Waals surface area (Å²) in [5.41, 5.74) is -0.0688. The summed E-state index contributed by atoms with van der Waals surface area (Å²) in [6.07, 6.45) is -0.688. The Morgan fingerprint density at radius 3 is 2.31 bits per heavy atom. The number of aliphatic hydroxyl groups is 1. The zero-order valence-electron chi connectivity index (χ0n) is 9.08. The van der Waals surface area contributed by atoms with Gasteiger partial charge in [-0.3, -0.25) is 4.79 Å². The molecule has 1 aromatic carbocycles. The maximum Gasteiger partial charge on any atom is 0.253 e. The van der Waals surface area contributed by atoms with Crippen molar-refractivity contribution in [1.82, 2.24) is 4.90 Å². The minimum atomic E-state index is -0.797. The van der Waals surface area contributed by atoms with E-state index in [1.54, 1.807) is 0 Å². The first-order valence-electron chi connectivity index (χ1n) is 4.79. The number of carbonyl (C=O) groups is 1. The number of nitrogens with zero attached hydrogens (tertiary/aromatic N) is 1. The number of rotatable bonds is 3. The standard InChI is InChI=1S/C11H13F2NO2/c1-7(15)6-14(2)11(16)8-3-9(12)5-10(13)4-8/h3-5,7,15H,6H2,1-2H3. The largest absolute Gasteiger partial charge is 0.392 e. The van der Waals surface area contributed by atoms with Crippen LogP contribution in [0.4, 0.5) is 8.78 Å². The van der Waals surface area contributed by atoms with E-state index in [-0.39, 0.29) is 12.1 Å². The fraction of sp³-hybridized carbons (Fsp3) is 0.364. The van der Waals surface area contributed by atoms with E-state index in [1.807, 2.05) is 0 Å². The van der Waals surface area contributed by atoms with E-state index < -0.39 is 23.6 Å². The van der Waals surface area contributed by atoms with Gasteiger partial charge in [0.2, 0.25) is 0 Å². The molecule has 0 aliphatic heterocycles. The molecule has 0 radical (unpaired) electrons. The van der Waals surface area contributed by atoms with Crippen LogP contribution in [0.1, 0.15) is 17.3 Å². The summed E-state index contributed by atoms with van der Waals surface area (Å²) in [6, 6.07) is 2.62. The molecule has 0 saturated carbocycles. The zero-order chi connectivity index (χ0) is 12.3. The number of amides is 1. The molecule has 1 aromatic rings. The second-order valence-electron chi connectivity index (χ2n) is 3.69. The molecule has 1 rings (SSSR count). The van der Waals surface area contributed by atoms with Crippen molar-refractivity contribution in [2.24, 2.45) is 0 Å². The van der Waals surface area contributed by atoms with Crippen molar-refractivity contribution in [3.05, 3.63) is 35.4 Å². The van der Waals surface area contributed by atoms with Crippen molar-refractivity contribution in [2.75, 3.05) is 13.6 Å². The van der Waals surface area contributed by atoms with E-state index in [0.29, 0.717) is 6.07 Å². The van der Waals surface area contributed by atoms with Gasteiger partial charge in [0, 0.05) is 25.2 Å². The van der Waals surface area contributed by atoms with Gasteiger partial charge >= 0.3 is 0 Å². The molecule has 5 heteroatoms. The van der Waals surface area contributed by atoms with Crippen molar-refractivity contribution < 1.29 is 18.7 Å². The van der Waals surface area contributed by atoms with E-state index >= 15 is 0 Å². The van der Waals surface area contributed by atoms with Crippen LogP contribution in [0.3, 0.4) is 0 Å². The lowest BCUT2D eigenvalue weighted by atomic mass is 10.2. The normalized spacial score (nSPS) is 12.3. The number of carbonyl (C=O) groups excluding carboxylic acids is 1. The van der Waals surface area contributed by atoms with Gasteiger partial charge in [-0.1, -0.05) is 0 Å². The Hall–Kier alpha value is -1.49. The van der Waals surface area contributed by atoms with Crippen molar-refractivity contribution in [2.45, 2.75) is 13.0 Å². The van der Waals surface area contributed by atoms with Crippen LogP contribution in [0.25, 0.3) is 0 Å². The summed E-state index contributed by atoms with van der Waals surface area (Å²) in [5, 5.41) is 9.09. The Morgan fingerprint density at radius 1 is 1.38 bits per heavy atom. The topological polar surface area (TPSA) is 40.5 Å². The highest BCUT2D eigenvalue weighted by atomic mass is 19.1. The fourth-order valence-electron chi connectivity index (χ4n) is 1.38. The van der Waals surface area contributed by atoms with Crippen LogP contribution in [-0.4, -0.2) is 35.6 Å². The first-order valence-corrected chi connectivity index (χ1v) is 4.79. The van der Waals surface area contributed by atoms with Gasteiger partial charge < -0.3 is 10.0 Å². The molecule has 0 spiro atoms. The van der Waals surface area contributed by atoms with Crippen LogP contribution in [0, 0.1) is 11.6 Å². The average molecular weight is 229 g/mol. The number of halogens is 2. The predicted molar refractivity (Wildman–Crippen MR) is 55.0 cm³/mol. The monoisotopic (exact) mass is 229 g/mol. The highest BCUT2D eigenvalue weighted by Gasteiger charge is 2.15. The molecule has 0 aliphatic carbocycles. The second-order valence-corrected chi connectivity index (χ2v) is 3.69. The molecule has 1 unspecified atom stereocenters. The third-order valence-corrected chi connectivity index (χ3v) is 1.99. The van der Waals surface area contributed by atoms with Crippen molar-refractivity contribution in [3.8, 4) is 0 Å². The van der Waals surface area contributed by atoms with Gasteiger partial charge in [-0.25, -0.2) is 8.78 Å². The molecule has 0 aliphatic rings. The quantitative estimate of drug-likeness (QED) is 0.851. The van der Waals surface area contributed by atoms with E-state index in [4.69, 9.17) is 5.11 Å². The SMILES string of the molecule is CC(O)CN(C)C(=O)c1cc(F)cc(F)c1. The number of hydrogen-bond acceptors (Lipinski definition) is 2. The Balaban J connectivity index is 2.87. The van der Waals surface area contributed by atoms with Crippen LogP contribution < -0.4 is 0 Å². The van der Waals surface area contributed by atoms with Gasteiger partial charge in [-0.2, -0.15) is 0 Å². The summed E-state index contributed by atoms with van der Waals surface area (Å²) in [5.74, 6) is -2.12. The minimum Gasteiger partial charge on any atom is -0.392 e. The zero-order valence-corrected chi connectivity index (χ0v) is 9.08. The number of likely N-dealkylation sites (N-methyl/N-ethyl adjacent to an activating group) is 1. The Labute approximate surface area is 92.3 Å². The van der Waals surface area contributed by atoms with Crippen molar-refractivity contribution in [1.29, 1.82) is 0 Å². The second kappa shape index (κ2) is 5.03. The molecule has 1 atom stereocenters. The average Bonchev–Trinajstić information content (AvgIpc) is 2.13. The summed E-state index contributed by atoms with van der Waals surface area (Å²) in [6.45, 7) is 1.63. The molecule has 16 heavy (non-hydrogen) atoms. The Bertz CT molecular complexity index is 373. The first kappa shape index (κ1) is 12.6. The summed E-state index contributed by atoms with van der Waals surface area (Å²) in [4.78, 5) is 12.9. The van der Waals surface area contributed by atoms with Crippen LogP contribution in [0.5, 0.6) is 0 Å². The molecule has 0 bridgehead atoms. The predicted octanol–water partition coefficient (Wildman–Crippen LogP) is 1.42. The first-order chi connectivity index (χ1) is 7.40. The third kappa shape index (κ3) is 3.27. The van der Waals surface area contributed by atoms with Crippen LogP contribution in [0.2, 0.25) is 0 Å². The number of benzene rings is 1. The molecular formula is C11H13F2NO2. The minimum absolute atomic E-state index is 0.0688. The highest BCUT2D eigenvalue weighted by Crippen LogP contribution is 2.10. The van der Waals surface area contributed by atoms with Crippen molar-refractivity contribution in [3.63, 3.8) is 0 Å². The van der Waals surface area contributed by atoms with E-state index in [1.165, 1.54) is 18.9 Å². The van der Waals surface area contributed by atoms with Crippen LogP contribution in [0.15, 0.2) is 18.2 Å². The Kier molecular flexibility index (Phi) is 3.95. The molecular weight excluding hydrogens is 216 g/mol. The molecule has 1 N–H and O–H groups in total. The van der Waals surface area contributed by atoms with Gasteiger partial charge in [0.25, 0.3) is 5.91 Å². The molecule has 88 valence electrons. The van der Waals surface area contributed by atoms with Gasteiger partial charge in [-0.05, 0) is 19.1 Å². The van der Waals surface area contributed by atoms with Gasteiger partial charge in [-0.15, -0.1) is 0 Å². The molecule has 3 nitrogen and oxygen atoms in total. The fourth-order valence-corrected chi connectivity index (χ4v) is 1.38. The highest BCUT2D eigenvalue weighted by molar-refractivity contribution is 5.94. The van der Waals surface area contributed by atoms with Crippen LogP contribution in [-0.2, 0) is 0 Å². The smallest absolute Gasteiger partial charge is 0.253 e. The molecule has 0 aromatic heterocycles. The summed E-state index contributed by atoms with van der Waals surface area (Å²) >= 11 is 0. The number of aliphatic hydroxyl groups excluding tert-OH is 1. The van der Waals surface area contributed by atoms with Gasteiger partial charge in [0.1, 0.15) is 11.6 Å². The van der Waals surface area contributed by atoms with Crippen LogP contribution >= 0.6 is 0 Å². The van der Waals surface area contributed by atoms with Crippen molar-refractivity contribution >= 4 is 5.91 Å². The lowest BCUT2D eigenvalue weighted by Gasteiger charge is -2.18. The summed E-state index contributed by atoms with van der Waals surface area (Å²) in [7, 11) is 1.46. The van der Waals surface area contributed by atoms with Gasteiger partial charge in [0.15, 0.2) is 0 Å². The summed E-state index contributed by atoms with van der Waals surface area (Å²) < 4.78 is 25.7. The lowest BCUT2D eigenvalue weighted by molar-refractivity contribution is 0.0703. The van der Waals surface area contributed by atoms with E-state index in [2.05, 4.69) is 0 Å². The molecule has 0 saturated heterocycles.